The minimum atomic E-state index is -0.598. The predicted octanol–water partition coefficient (Wildman–Crippen LogP) is 1.42. The van der Waals surface area contributed by atoms with Gasteiger partial charge in [-0.2, -0.15) is 0 Å². The summed E-state index contributed by atoms with van der Waals surface area (Å²) in [5, 5.41) is 14.7. The van der Waals surface area contributed by atoms with Crippen LogP contribution < -0.4 is 10.6 Å². The number of morpholine rings is 1. The third kappa shape index (κ3) is 5.01. The molecule has 2 heterocycles. The lowest BCUT2D eigenvalue weighted by molar-refractivity contribution is -0.124. The van der Waals surface area contributed by atoms with Crippen LogP contribution in [0.3, 0.4) is 0 Å². The quantitative estimate of drug-likeness (QED) is 0.837. The summed E-state index contributed by atoms with van der Waals surface area (Å²) in [6.45, 7) is 5.90. The van der Waals surface area contributed by atoms with E-state index in [2.05, 4.69) is 20.9 Å². The fourth-order valence-electron chi connectivity index (χ4n) is 2.70. The van der Waals surface area contributed by atoms with Crippen LogP contribution in [0.5, 0.6) is 0 Å². The Morgan fingerprint density at radius 2 is 2.16 bits per heavy atom. The van der Waals surface area contributed by atoms with E-state index in [-0.39, 0.29) is 24.4 Å². The number of carbonyl (C=O) groups is 1. The molecule has 1 aliphatic heterocycles. The van der Waals surface area contributed by atoms with Crippen molar-refractivity contribution in [3.63, 3.8) is 0 Å². The summed E-state index contributed by atoms with van der Waals surface area (Å²) in [5.74, 6) is -0.0303. The van der Waals surface area contributed by atoms with Crippen LogP contribution in [-0.2, 0) is 15.1 Å². The zero-order valence-electron chi connectivity index (χ0n) is 14.4. The van der Waals surface area contributed by atoms with Gasteiger partial charge in [0.1, 0.15) is 5.69 Å². The number of benzene rings is 1. The van der Waals surface area contributed by atoms with Gasteiger partial charge in [0.2, 0.25) is 5.91 Å². The highest BCUT2D eigenvalue weighted by Crippen LogP contribution is 2.19. The van der Waals surface area contributed by atoms with Crippen molar-refractivity contribution >= 4 is 18.3 Å². The van der Waals surface area contributed by atoms with E-state index in [0.29, 0.717) is 25.3 Å². The summed E-state index contributed by atoms with van der Waals surface area (Å²) in [7, 11) is 0. The molecular formula is C17H24ClN5O2. The largest absolute Gasteiger partial charge is 0.378 e. The zero-order valence-corrected chi connectivity index (χ0v) is 15.3. The van der Waals surface area contributed by atoms with Gasteiger partial charge in [0.25, 0.3) is 0 Å². The fourth-order valence-corrected chi connectivity index (χ4v) is 2.70. The highest BCUT2D eigenvalue weighted by atomic mass is 35.5. The molecule has 0 bridgehead atoms. The number of nitrogens with zero attached hydrogens (tertiary/aromatic N) is 3. The lowest BCUT2D eigenvalue weighted by Crippen LogP contribution is -2.47. The van der Waals surface area contributed by atoms with Crippen molar-refractivity contribution in [3.8, 4) is 5.69 Å². The monoisotopic (exact) mass is 365 g/mol. The van der Waals surface area contributed by atoms with Gasteiger partial charge in [-0.05, 0) is 26.0 Å². The van der Waals surface area contributed by atoms with Crippen molar-refractivity contribution in [1.82, 2.24) is 25.6 Å². The Morgan fingerprint density at radius 3 is 2.84 bits per heavy atom. The molecular weight excluding hydrogens is 342 g/mol. The van der Waals surface area contributed by atoms with E-state index in [1.165, 1.54) is 0 Å². The molecule has 1 fully saturated rings. The second kappa shape index (κ2) is 8.42. The lowest BCUT2D eigenvalue weighted by Gasteiger charge is -2.27. The summed E-state index contributed by atoms with van der Waals surface area (Å²) in [5.41, 5.74) is 1.05. The molecule has 0 aliphatic carbocycles. The number of hydrogen-bond acceptors (Lipinski definition) is 5. The van der Waals surface area contributed by atoms with Crippen LogP contribution in [0.25, 0.3) is 5.69 Å². The molecule has 8 heteroatoms. The number of ether oxygens (including phenoxy) is 1. The van der Waals surface area contributed by atoms with E-state index in [4.69, 9.17) is 4.74 Å². The van der Waals surface area contributed by atoms with Gasteiger partial charge < -0.3 is 15.4 Å². The topological polar surface area (TPSA) is 81.1 Å². The van der Waals surface area contributed by atoms with Crippen LogP contribution in [0.2, 0.25) is 0 Å². The van der Waals surface area contributed by atoms with Gasteiger partial charge in [-0.25, -0.2) is 4.68 Å². The van der Waals surface area contributed by atoms with Crippen LogP contribution in [0.1, 0.15) is 26.0 Å². The van der Waals surface area contributed by atoms with Crippen molar-refractivity contribution < 1.29 is 9.53 Å². The molecule has 1 saturated heterocycles. The summed E-state index contributed by atoms with van der Waals surface area (Å²) >= 11 is 0. The Hall–Kier alpha value is -1.96. The molecule has 1 unspecified atom stereocenters. The number of aromatic nitrogens is 3. The molecule has 1 atom stereocenters. The third-order valence-electron chi connectivity index (χ3n) is 4.04. The molecule has 1 aromatic heterocycles. The Morgan fingerprint density at radius 1 is 1.40 bits per heavy atom. The first-order valence-corrected chi connectivity index (χ1v) is 8.15. The van der Waals surface area contributed by atoms with Crippen molar-refractivity contribution in [2.45, 2.75) is 31.8 Å². The van der Waals surface area contributed by atoms with E-state index < -0.39 is 5.54 Å². The molecule has 3 rings (SSSR count). The lowest BCUT2D eigenvalue weighted by atomic mass is 10.0. The molecule has 2 N–H and O–H groups in total. The van der Waals surface area contributed by atoms with Gasteiger partial charge in [0.15, 0.2) is 0 Å². The Bertz CT molecular complexity index is 683. The Labute approximate surface area is 153 Å². The minimum Gasteiger partial charge on any atom is -0.378 e. The predicted molar refractivity (Wildman–Crippen MR) is 97.0 cm³/mol. The molecule has 7 nitrogen and oxygen atoms in total. The maximum absolute atomic E-state index is 12.3. The first-order valence-electron chi connectivity index (χ1n) is 8.15. The van der Waals surface area contributed by atoms with Gasteiger partial charge in [0, 0.05) is 19.0 Å². The molecule has 1 aromatic carbocycles. The van der Waals surface area contributed by atoms with Crippen LogP contribution in [0.4, 0.5) is 0 Å². The number of nitrogens with one attached hydrogen (secondary N) is 2. The number of halogens is 1. The maximum atomic E-state index is 12.3. The molecule has 25 heavy (non-hydrogen) atoms. The highest BCUT2D eigenvalue weighted by Gasteiger charge is 2.28. The van der Waals surface area contributed by atoms with Crippen LogP contribution in [-0.4, -0.2) is 46.7 Å². The van der Waals surface area contributed by atoms with Gasteiger partial charge in [0.05, 0.1) is 30.6 Å². The molecule has 0 saturated carbocycles. The fraction of sp³-hybridized carbons (Fsp3) is 0.471. The van der Waals surface area contributed by atoms with Crippen molar-refractivity contribution in [2.24, 2.45) is 0 Å². The zero-order chi connectivity index (χ0) is 17.0. The van der Waals surface area contributed by atoms with Crippen LogP contribution in [0, 0.1) is 0 Å². The van der Waals surface area contributed by atoms with Gasteiger partial charge in [-0.1, -0.05) is 23.4 Å². The average Bonchev–Trinajstić information content (AvgIpc) is 3.07. The second-order valence-electron chi connectivity index (χ2n) is 6.49. The number of hydrogen-bond donors (Lipinski definition) is 2. The highest BCUT2D eigenvalue weighted by molar-refractivity contribution is 5.85. The SMILES string of the molecule is CC(C)(NC(=O)CC1COCCN1)c1cn(-c2ccccc2)nn1.Cl. The molecule has 0 spiro atoms. The second-order valence-corrected chi connectivity index (χ2v) is 6.49. The molecule has 136 valence electrons. The molecule has 2 aromatic rings. The van der Waals surface area contributed by atoms with Gasteiger partial charge in [-0.3, -0.25) is 4.79 Å². The number of amides is 1. The van der Waals surface area contributed by atoms with Crippen LogP contribution in [0.15, 0.2) is 36.5 Å². The summed E-state index contributed by atoms with van der Waals surface area (Å²) < 4.78 is 7.09. The summed E-state index contributed by atoms with van der Waals surface area (Å²) in [4.78, 5) is 12.3. The number of para-hydroxylation sites is 1. The Balaban J connectivity index is 0.00000225. The van der Waals surface area contributed by atoms with Crippen molar-refractivity contribution in [3.05, 3.63) is 42.2 Å². The van der Waals surface area contributed by atoms with Crippen LogP contribution >= 0.6 is 12.4 Å². The molecule has 1 aliphatic rings. The molecule has 0 radical (unpaired) electrons. The summed E-state index contributed by atoms with van der Waals surface area (Å²) in [6, 6.07) is 9.83. The van der Waals surface area contributed by atoms with E-state index >= 15 is 0 Å². The first-order chi connectivity index (χ1) is 11.5. The van der Waals surface area contributed by atoms with E-state index in [0.717, 1.165) is 12.2 Å². The number of carbonyl (C=O) groups excluding carboxylic acids is 1. The van der Waals surface area contributed by atoms with Crippen molar-refractivity contribution in [1.29, 1.82) is 0 Å². The van der Waals surface area contributed by atoms with Gasteiger partial charge >= 0.3 is 0 Å². The first kappa shape index (κ1) is 19.4. The van der Waals surface area contributed by atoms with E-state index in [9.17, 15) is 4.79 Å². The number of rotatable bonds is 5. The summed E-state index contributed by atoms with van der Waals surface area (Å²) in [6.07, 6.45) is 2.23. The smallest absolute Gasteiger partial charge is 0.222 e. The maximum Gasteiger partial charge on any atom is 0.222 e. The van der Waals surface area contributed by atoms with Gasteiger partial charge in [-0.15, -0.1) is 17.5 Å². The van der Waals surface area contributed by atoms with Crippen molar-refractivity contribution in [2.75, 3.05) is 19.8 Å². The Kier molecular flexibility index (Phi) is 6.52. The minimum absolute atomic E-state index is 0. The molecule has 1 amide bonds. The van der Waals surface area contributed by atoms with E-state index in [1.54, 1.807) is 4.68 Å². The normalized spacial score (nSPS) is 17.6. The average molecular weight is 366 g/mol. The van der Waals surface area contributed by atoms with E-state index in [1.807, 2.05) is 50.4 Å². The standard InChI is InChI=1S/C17H23N5O2.ClH/c1-17(2,19-16(23)10-13-12-24-9-8-18-13)15-11-22(21-20-15)14-6-4-3-5-7-14;/h3-7,11,13,18H,8-10,12H2,1-2H3,(H,19,23);1H. The third-order valence-corrected chi connectivity index (χ3v) is 4.04.